The van der Waals surface area contributed by atoms with Gasteiger partial charge in [0.15, 0.2) is 5.65 Å². The van der Waals surface area contributed by atoms with Crippen molar-refractivity contribution in [1.29, 1.82) is 5.26 Å². The highest BCUT2D eigenvalue weighted by atomic mass is 15.2. The molecule has 4 aromatic rings. The number of anilines is 1. The van der Waals surface area contributed by atoms with E-state index in [0.717, 1.165) is 66.1 Å². The monoisotopic (exact) mass is 408 g/mol. The molecule has 0 radical (unpaired) electrons. The summed E-state index contributed by atoms with van der Waals surface area (Å²) in [5.41, 5.74) is 6.12. The highest BCUT2D eigenvalue weighted by Crippen LogP contribution is 2.32. The molecular weight excluding hydrogens is 380 g/mol. The number of imidazole rings is 1. The lowest BCUT2D eigenvalue weighted by atomic mass is 9.90. The number of para-hydroxylation sites is 2. The number of aryl methyl sites for hydroxylation is 1. The summed E-state index contributed by atoms with van der Waals surface area (Å²) >= 11 is 0. The minimum atomic E-state index is 0.723. The molecule has 31 heavy (non-hydrogen) atoms. The molecule has 2 aromatic heterocycles. The number of nitriles is 1. The Balaban J connectivity index is 1.51. The Labute approximate surface area is 183 Å². The van der Waals surface area contributed by atoms with Crippen LogP contribution in [0.4, 0.5) is 5.82 Å². The standard InChI is InChI=1S/C27H28N4/c1-2-8-22-18-26(30-15-13-21(14-16-30)17-20-9-4-3-5-10-20)31-25-12-7-6-11-24(25)29-27(31)23(22)19-28/h3-7,9-12,18,21H,2,8,13-17H2,1H3. The van der Waals surface area contributed by atoms with Crippen LogP contribution in [0.2, 0.25) is 0 Å². The molecule has 1 fully saturated rings. The molecular formula is C27H28N4. The first-order chi connectivity index (χ1) is 15.3. The van der Waals surface area contributed by atoms with Crippen LogP contribution in [0.1, 0.15) is 42.9 Å². The number of benzene rings is 2. The third-order valence-electron chi connectivity index (χ3n) is 6.57. The second-order valence-corrected chi connectivity index (χ2v) is 8.64. The van der Waals surface area contributed by atoms with E-state index in [9.17, 15) is 5.26 Å². The van der Waals surface area contributed by atoms with E-state index in [4.69, 9.17) is 4.98 Å². The van der Waals surface area contributed by atoms with E-state index >= 15 is 0 Å². The Kier molecular flexibility index (Phi) is 5.34. The van der Waals surface area contributed by atoms with Crippen molar-refractivity contribution in [1.82, 2.24) is 9.38 Å². The van der Waals surface area contributed by atoms with Gasteiger partial charge in [0.1, 0.15) is 11.9 Å². The fourth-order valence-electron chi connectivity index (χ4n) is 5.00. The average Bonchev–Trinajstić information content (AvgIpc) is 3.19. The summed E-state index contributed by atoms with van der Waals surface area (Å²) in [7, 11) is 0. The molecule has 1 aliphatic heterocycles. The summed E-state index contributed by atoms with van der Waals surface area (Å²) < 4.78 is 2.21. The molecule has 0 N–H and O–H groups in total. The quantitative estimate of drug-likeness (QED) is 0.421. The van der Waals surface area contributed by atoms with Crippen molar-refractivity contribution < 1.29 is 0 Å². The summed E-state index contributed by atoms with van der Waals surface area (Å²) in [6, 6.07) is 23.8. The van der Waals surface area contributed by atoms with Crippen LogP contribution >= 0.6 is 0 Å². The second kappa shape index (κ2) is 8.43. The number of pyridine rings is 1. The maximum absolute atomic E-state index is 9.93. The van der Waals surface area contributed by atoms with Crippen LogP contribution in [0.15, 0.2) is 60.7 Å². The lowest BCUT2D eigenvalue weighted by molar-refractivity contribution is 0.402. The number of hydrogen-bond acceptors (Lipinski definition) is 3. The molecule has 156 valence electrons. The molecule has 0 saturated carbocycles. The van der Waals surface area contributed by atoms with E-state index in [1.807, 2.05) is 12.1 Å². The van der Waals surface area contributed by atoms with Crippen LogP contribution in [0.25, 0.3) is 16.7 Å². The van der Waals surface area contributed by atoms with Crippen LogP contribution in [0.5, 0.6) is 0 Å². The molecule has 3 heterocycles. The number of aromatic nitrogens is 2. The van der Waals surface area contributed by atoms with Gasteiger partial charge in [-0.3, -0.25) is 4.40 Å². The predicted molar refractivity (Wildman–Crippen MR) is 126 cm³/mol. The Hall–Kier alpha value is -3.32. The molecule has 0 unspecified atom stereocenters. The zero-order chi connectivity index (χ0) is 21.2. The summed E-state index contributed by atoms with van der Waals surface area (Å²) in [5, 5.41) is 9.93. The van der Waals surface area contributed by atoms with Crippen LogP contribution in [0.3, 0.4) is 0 Å². The maximum Gasteiger partial charge on any atom is 0.157 e. The maximum atomic E-state index is 9.93. The van der Waals surface area contributed by atoms with Crippen LogP contribution in [-0.4, -0.2) is 22.5 Å². The van der Waals surface area contributed by atoms with E-state index in [1.54, 1.807) is 0 Å². The van der Waals surface area contributed by atoms with Gasteiger partial charge in [0.25, 0.3) is 0 Å². The molecule has 0 bridgehead atoms. The predicted octanol–water partition coefficient (Wildman–Crippen LogP) is 5.77. The van der Waals surface area contributed by atoms with Gasteiger partial charge in [-0.15, -0.1) is 0 Å². The van der Waals surface area contributed by atoms with Crippen LogP contribution in [0, 0.1) is 17.2 Å². The van der Waals surface area contributed by atoms with E-state index in [0.29, 0.717) is 0 Å². The minimum absolute atomic E-state index is 0.723. The molecule has 1 aliphatic rings. The number of piperidine rings is 1. The molecule has 4 nitrogen and oxygen atoms in total. The summed E-state index contributed by atoms with van der Waals surface area (Å²) in [4.78, 5) is 7.37. The van der Waals surface area contributed by atoms with Crippen molar-refractivity contribution in [3.63, 3.8) is 0 Å². The third-order valence-corrected chi connectivity index (χ3v) is 6.57. The lowest BCUT2D eigenvalue weighted by Crippen LogP contribution is -2.35. The Bertz CT molecular complexity index is 1240. The largest absolute Gasteiger partial charge is 0.358 e. The van der Waals surface area contributed by atoms with Gasteiger partial charge in [-0.2, -0.15) is 5.26 Å². The first-order valence-corrected chi connectivity index (χ1v) is 11.4. The second-order valence-electron chi connectivity index (χ2n) is 8.64. The minimum Gasteiger partial charge on any atom is -0.358 e. The normalized spacial score (nSPS) is 14.9. The van der Waals surface area contributed by atoms with E-state index in [-0.39, 0.29) is 0 Å². The summed E-state index contributed by atoms with van der Waals surface area (Å²) in [6.07, 6.45) is 5.45. The lowest BCUT2D eigenvalue weighted by Gasteiger charge is -2.34. The highest BCUT2D eigenvalue weighted by Gasteiger charge is 2.24. The number of nitrogens with zero attached hydrogens (tertiary/aromatic N) is 4. The topological polar surface area (TPSA) is 44.3 Å². The van der Waals surface area contributed by atoms with Gasteiger partial charge in [-0.05, 0) is 60.9 Å². The Morgan fingerprint density at radius 3 is 2.52 bits per heavy atom. The van der Waals surface area contributed by atoms with Crippen molar-refractivity contribution in [3.8, 4) is 6.07 Å². The van der Waals surface area contributed by atoms with Gasteiger partial charge in [0.2, 0.25) is 0 Å². The zero-order valence-electron chi connectivity index (χ0n) is 18.1. The van der Waals surface area contributed by atoms with Gasteiger partial charge in [0.05, 0.1) is 16.6 Å². The zero-order valence-corrected chi connectivity index (χ0v) is 18.1. The van der Waals surface area contributed by atoms with Crippen molar-refractivity contribution >= 4 is 22.5 Å². The summed E-state index contributed by atoms with van der Waals surface area (Å²) in [5.74, 6) is 1.91. The molecule has 5 rings (SSSR count). The van der Waals surface area contributed by atoms with Crippen LogP contribution < -0.4 is 4.90 Å². The fourth-order valence-corrected chi connectivity index (χ4v) is 5.00. The highest BCUT2D eigenvalue weighted by molar-refractivity contribution is 5.85. The number of fused-ring (bicyclic) bond motifs is 3. The van der Waals surface area contributed by atoms with Gasteiger partial charge in [0, 0.05) is 13.1 Å². The first-order valence-electron chi connectivity index (χ1n) is 11.4. The number of rotatable bonds is 5. The molecule has 0 aliphatic carbocycles. The van der Waals surface area contributed by atoms with Crippen molar-refractivity contribution in [3.05, 3.63) is 77.4 Å². The van der Waals surface area contributed by atoms with E-state index < -0.39 is 0 Å². The Morgan fingerprint density at radius 1 is 1.03 bits per heavy atom. The smallest absolute Gasteiger partial charge is 0.157 e. The average molecular weight is 409 g/mol. The molecule has 0 amide bonds. The van der Waals surface area contributed by atoms with Crippen LogP contribution in [-0.2, 0) is 12.8 Å². The van der Waals surface area contributed by atoms with E-state index in [1.165, 1.54) is 24.2 Å². The van der Waals surface area contributed by atoms with Crippen molar-refractivity contribution in [2.24, 2.45) is 5.92 Å². The van der Waals surface area contributed by atoms with Gasteiger partial charge >= 0.3 is 0 Å². The first kappa shape index (κ1) is 19.6. The Morgan fingerprint density at radius 2 is 1.77 bits per heavy atom. The van der Waals surface area contributed by atoms with Crippen molar-refractivity contribution in [2.45, 2.75) is 39.0 Å². The molecule has 2 aromatic carbocycles. The van der Waals surface area contributed by atoms with Crippen molar-refractivity contribution in [2.75, 3.05) is 18.0 Å². The SMILES string of the molecule is CCCc1cc(N2CCC(Cc3ccccc3)CC2)n2c(nc3ccccc32)c1C#N. The van der Waals surface area contributed by atoms with Gasteiger partial charge in [-0.25, -0.2) is 4.98 Å². The summed E-state index contributed by atoms with van der Waals surface area (Å²) in [6.45, 7) is 4.25. The molecule has 1 saturated heterocycles. The molecule has 4 heteroatoms. The van der Waals surface area contributed by atoms with Gasteiger partial charge in [-0.1, -0.05) is 55.8 Å². The fraction of sp³-hybridized carbons (Fsp3) is 0.333. The van der Waals surface area contributed by atoms with E-state index in [2.05, 4.69) is 70.8 Å². The van der Waals surface area contributed by atoms with Gasteiger partial charge < -0.3 is 4.90 Å². The number of hydrogen-bond donors (Lipinski definition) is 0. The third kappa shape index (κ3) is 3.65. The molecule has 0 atom stereocenters. The molecule has 0 spiro atoms.